The number of nitro groups is 1. The normalized spacial score (nSPS) is 14.3. The van der Waals surface area contributed by atoms with E-state index in [1.54, 1.807) is 0 Å². The van der Waals surface area contributed by atoms with Gasteiger partial charge in [-0.2, -0.15) is 0 Å². The molecule has 1 aromatic carbocycles. The Morgan fingerprint density at radius 2 is 2.18 bits per heavy atom. The number of benzene rings is 1. The van der Waals surface area contributed by atoms with Crippen molar-refractivity contribution in [2.75, 3.05) is 0 Å². The Balaban J connectivity index is 3.03. The van der Waals surface area contributed by atoms with Gasteiger partial charge in [-0.25, -0.2) is 0 Å². The van der Waals surface area contributed by atoms with Crippen LogP contribution >= 0.6 is 0 Å². The average Bonchev–Trinajstić information content (AvgIpc) is 2.28. The van der Waals surface area contributed by atoms with Gasteiger partial charge in [0.25, 0.3) is 5.69 Å². The van der Waals surface area contributed by atoms with Crippen LogP contribution in [-0.2, 0) is 0 Å². The van der Waals surface area contributed by atoms with Crippen molar-refractivity contribution in [1.82, 2.24) is 0 Å². The maximum Gasteiger partial charge on any atom is 0.270 e. The maximum atomic E-state index is 10.6. The van der Waals surface area contributed by atoms with Crippen molar-refractivity contribution in [3.05, 3.63) is 33.9 Å². The van der Waals surface area contributed by atoms with Crippen LogP contribution in [0.3, 0.4) is 0 Å². The molecule has 94 valence electrons. The smallest absolute Gasteiger partial charge is 0.270 e. The van der Waals surface area contributed by atoms with E-state index in [1.807, 2.05) is 6.92 Å². The summed E-state index contributed by atoms with van der Waals surface area (Å²) in [7, 11) is 0. The maximum absolute atomic E-state index is 10.6. The zero-order valence-corrected chi connectivity index (χ0v) is 9.54. The lowest BCUT2D eigenvalue weighted by atomic mass is 9.98. The molecule has 0 heterocycles. The molecule has 0 unspecified atom stereocenters. The summed E-state index contributed by atoms with van der Waals surface area (Å²) >= 11 is 0. The Bertz CT molecular complexity index is 408. The van der Waals surface area contributed by atoms with Gasteiger partial charge >= 0.3 is 0 Å². The fraction of sp³-hybridized carbons (Fsp3) is 0.455. The Morgan fingerprint density at radius 1 is 1.53 bits per heavy atom. The van der Waals surface area contributed by atoms with Gasteiger partial charge < -0.3 is 15.9 Å². The lowest BCUT2D eigenvalue weighted by molar-refractivity contribution is -0.385. The standard InChI is InChI=1S/C11H16N2O4/c1-2-3-10(15)11(12)8-6-7(13(16)17)4-5-9(8)14/h4-6,10-11,14-15H,2-3,12H2,1H3/t10-,11+/m0/s1. The third-order valence-electron chi connectivity index (χ3n) is 2.58. The van der Waals surface area contributed by atoms with E-state index in [1.165, 1.54) is 18.2 Å². The highest BCUT2D eigenvalue weighted by Gasteiger charge is 2.21. The van der Waals surface area contributed by atoms with Crippen LogP contribution in [0.2, 0.25) is 0 Å². The molecule has 0 saturated heterocycles. The Kier molecular flexibility index (Phi) is 4.42. The first-order chi connectivity index (χ1) is 7.97. The van der Waals surface area contributed by atoms with E-state index >= 15 is 0 Å². The van der Waals surface area contributed by atoms with E-state index in [4.69, 9.17) is 5.73 Å². The first-order valence-corrected chi connectivity index (χ1v) is 5.38. The summed E-state index contributed by atoms with van der Waals surface area (Å²) in [5.41, 5.74) is 5.80. The van der Waals surface area contributed by atoms with E-state index in [0.717, 1.165) is 6.42 Å². The first-order valence-electron chi connectivity index (χ1n) is 5.38. The monoisotopic (exact) mass is 240 g/mol. The molecular formula is C11H16N2O4. The number of non-ortho nitro benzene ring substituents is 1. The highest BCUT2D eigenvalue weighted by molar-refractivity contribution is 5.44. The number of phenols is 1. The van der Waals surface area contributed by atoms with Gasteiger partial charge in [-0.15, -0.1) is 0 Å². The third-order valence-corrected chi connectivity index (χ3v) is 2.58. The molecule has 0 amide bonds. The van der Waals surface area contributed by atoms with Crippen molar-refractivity contribution in [3.8, 4) is 5.75 Å². The van der Waals surface area contributed by atoms with Crippen LogP contribution < -0.4 is 5.73 Å². The predicted octanol–water partition coefficient (Wildman–Crippen LogP) is 1.46. The second-order valence-electron chi connectivity index (χ2n) is 3.88. The van der Waals surface area contributed by atoms with Gasteiger partial charge in [0.15, 0.2) is 0 Å². The van der Waals surface area contributed by atoms with Gasteiger partial charge in [0.2, 0.25) is 0 Å². The number of rotatable bonds is 5. The molecule has 1 aromatic rings. The Labute approximate surface area is 98.8 Å². The summed E-state index contributed by atoms with van der Waals surface area (Å²) in [5, 5.41) is 29.9. The molecule has 0 radical (unpaired) electrons. The molecule has 0 aliphatic heterocycles. The molecule has 17 heavy (non-hydrogen) atoms. The molecule has 4 N–H and O–H groups in total. The number of nitrogens with zero attached hydrogens (tertiary/aromatic N) is 1. The number of aromatic hydroxyl groups is 1. The number of hydrogen-bond donors (Lipinski definition) is 3. The van der Waals surface area contributed by atoms with Gasteiger partial charge in [-0.05, 0) is 12.5 Å². The van der Waals surface area contributed by atoms with Crippen LogP contribution in [0.5, 0.6) is 5.75 Å². The van der Waals surface area contributed by atoms with E-state index in [2.05, 4.69) is 0 Å². The second kappa shape index (κ2) is 5.60. The number of aliphatic hydroxyl groups is 1. The summed E-state index contributed by atoms with van der Waals surface area (Å²) in [6, 6.07) is 2.78. The van der Waals surface area contributed by atoms with Gasteiger partial charge in [0.1, 0.15) is 5.75 Å². The summed E-state index contributed by atoms with van der Waals surface area (Å²) in [4.78, 5) is 10.0. The second-order valence-corrected chi connectivity index (χ2v) is 3.88. The number of aliphatic hydroxyl groups excluding tert-OH is 1. The van der Waals surface area contributed by atoms with Crippen LogP contribution in [0.1, 0.15) is 31.4 Å². The zero-order chi connectivity index (χ0) is 13.0. The van der Waals surface area contributed by atoms with Gasteiger partial charge in [-0.3, -0.25) is 10.1 Å². The van der Waals surface area contributed by atoms with E-state index in [9.17, 15) is 20.3 Å². The van der Waals surface area contributed by atoms with Crippen molar-refractivity contribution in [2.24, 2.45) is 5.73 Å². The summed E-state index contributed by atoms with van der Waals surface area (Å²) < 4.78 is 0. The molecule has 6 heteroatoms. The summed E-state index contributed by atoms with van der Waals surface area (Å²) in [6.07, 6.45) is 0.390. The van der Waals surface area contributed by atoms with Gasteiger partial charge in [0.05, 0.1) is 17.1 Å². The molecule has 0 aliphatic carbocycles. The molecule has 0 spiro atoms. The van der Waals surface area contributed by atoms with Crippen molar-refractivity contribution >= 4 is 5.69 Å². The largest absolute Gasteiger partial charge is 0.508 e. The molecule has 0 fully saturated rings. The third kappa shape index (κ3) is 3.15. The highest BCUT2D eigenvalue weighted by atomic mass is 16.6. The lowest BCUT2D eigenvalue weighted by Crippen LogP contribution is -2.26. The zero-order valence-electron chi connectivity index (χ0n) is 9.54. The van der Waals surface area contributed by atoms with Crippen molar-refractivity contribution in [3.63, 3.8) is 0 Å². The summed E-state index contributed by atoms with van der Waals surface area (Å²) in [6.45, 7) is 1.89. The van der Waals surface area contributed by atoms with E-state index in [-0.39, 0.29) is 17.0 Å². The highest BCUT2D eigenvalue weighted by Crippen LogP contribution is 2.29. The topological polar surface area (TPSA) is 110 Å². The molecule has 2 atom stereocenters. The first kappa shape index (κ1) is 13.4. The van der Waals surface area contributed by atoms with Crippen LogP contribution in [0.15, 0.2) is 18.2 Å². The Hall–Kier alpha value is -1.66. The van der Waals surface area contributed by atoms with Crippen molar-refractivity contribution in [1.29, 1.82) is 0 Å². The molecule has 0 aromatic heterocycles. The fourth-order valence-electron chi connectivity index (χ4n) is 1.61. The van der Waals surface area contributed by atoms with Crippen molar-refractivity contribution < 1.29 is 15.1 Å². The van der Waals surface area contributed by atoms with Crippen LogP contribution in [0.25, 0.3) is 0 Å². The molecule has 0 saturated carbocycles. The van der Waals surface area contributed by atoms with Gasteiger partial charge in [-0.1, -0.05) is 13.3 Å². The molecule has 6 nitrogen and oxygen atoms in total. The minimum absolute atomic E-state index is 0.141. The number of hydrogen-bond acceptors (Lipinski definition) is 5. The molecular weight excluding hydrogens is 224 g/mol. The van der Waals surface area contributed by atoms with Crippen LogP contribution in [0, 0.1) is 10.1 Å². The Morgan fingerprint density at radius 3 is 2.71 bits per heavy atom. The number of nitrogens with two attached hydrogens (primary N) is 1. The molecule has 1 rings (SSSR count). The molecule has 0 aliphatic rings. The lowest BCUT2D eigenvalue weighted by Gasteiger charge is -2.19. The summed E-state index contributed by atoms with van der Waals surface area (Å²) in [5.74, 6) is -0.141. The molecule has 0 bridgehead atoms. The fourth-order valence-corrected chi connectivity index (χ4v) is 1.61. The number of nitro benzene ring substituents is 1. The minimum Gasteiger partial charge on any atom is -0.508 e. The van der Waals surface area contributed by atoms with Gasteiger partial charge in [0, 0.05) is 17.7 Å². The minimum atomic E-state index is -0.826. The predicted molar refractivity (Wildman–Crippen MR) is 62.6 cm³/mol. The SMILES string of the molecule is CCC[C@H](O)[C@H](N)c1cc([N+](=O)[O-])ccc1O. The average molecular weight is 240 g/mol. The van der Waals surface area contributed by atoms with Crippen molar-refractivity contribution in [2.45, 2.75) is 31.9 Å². The van der Waals surface area contributed by atoms with E-state index in [0.29, 0.717) is 6.42 Å². The quantitative estimate of drug-likeness (QED) is 0.533. The van der Waals surface area contributed by atoms with Crippen LogP contribution in [-0.4, -0.2) is 21.2 Å². The van der Waals surface area contributed by atoms with E-state index < -0.39 is 17.1 Å². The number of phenolic OH excluding ortho intramolecular Hbond substituents is 1. The van der Waals surface area contributed by atoms with Crippen LogP contribution in [0.4, 0.5) is 5.69 Å².